The number of anilines is 1. The van der Waals surface area contributed by atoms with Crippen LogP contribution in [0.3, 0.4) is 0 Å². The van der Waals surface area contributed by atoms with E-state index in [-0.39, 0.29) is 18.1 Å². The molecular formula is C25H34N4O5. The van der Waals surface area contributed by atoms with Gasteiger partial charge in [0.2, 0.25) is 5.95 Å². The van der Waals surface area contributed by atoms with Crippen LogP contribution in [-0.2, 0) is 31.0 Å². The lowest BCUT2D eigenvalue weighted by Gasteiger charge is -2.29. The summed E-state index contributed by atoms with van der Waals surface area (Å²) in [6.45, 7) is 7.56. The standard InChI is InChI=1S/C25H34N4O5/c1-5-25(2,3)19-15-26-23(27-18-11-13-33-14-12-18)28-20(19)21(22(30)32-4)29-24(31)34-16-17-9-7-6-8-10-17/h6-10,15,18,21H,5,11-14,16H2,1-4H3,(H,29,31)(H,26,27,28). The van der Waals surface area contributed by atoms with Crippen LogP contribution in [0.5, 0.6) is 0 Å². The molecule has 9 heteroatoms. The Hall–Kier alpha value is -3.20. The van der Waals surface area contributed by atoms with E-state index in [4.69, 9.17) is 14.2 Å². The molecule has 1 saturated heterocycles. The average Bonchev–Trinajstić information content (AvgIpc) is 2.86. The number of hydrogen-bond donors (Lipinski definition) is 2. The predicted molar refractivity (Wildman–Crippen MR) is 127 cm³/mol. The first-order chi connectivity index (χ1) is 16.3. The molecular weight excluding hydrogens is 436 g/mol. The van der Waals surface area contributed by atoms with Gasteiger partial charge < -0.3 is 24.8 Å². The van der Waals surface area contributed by atoms with Crippen molar-refractivity contribution in [3.8, 4) is 0 Å². The number of ether oxygens (including phenoxy) is 3. The second-order valence-corrected chi connectivity index (χ2v) is 8.92. The fourth-order valence-electron chi connectivity index (χ4n) is 3.66. The average molecular weight is 471 g/mol. The number of carbonyl (C=O) groups is 2. The van der Waals surface area contributed by atoms with Gasteiger partial charge in [-0.05, 0) is 30.2 Å². The number of amides is 1. The smallest absolute Gasteiger partial charge is 0.408 e. The van der Waals surface area contributed by atoms with Crippen molar-refractivity contribution < 1.29 is 23.8 Å². The molecule has 1 fully saturated rings. The van der Waals surface area contributed by atoms with E-state index in [0.717, 1.165) is 30.4 Å². The van der Waals surface area contributed by atoms with Crippen LogP contribution in [0.1, 0.15) is 62.9 Å². The van der Waals surface area contributed by atoms with E-state index < -0.39 is 18.1 Å². The molecule has 1 aliphatic rings. The zero-order valence-electron chi connectivity index (χ0n) is 20.3. The summed E-state index contributed by atoms with van der Waals surface area (Å²) in [6, 6.07) is 8.34. The summed E-state index contributed by atoms with van der Waals surface area (Å²) in [6.07, 6.45) is 3.44. The Morgan fingerprint density at radius 2 is 1.91 bits per heavy atom. The molecule has 0 radical (unpaired) electrons. The summed E-state index contributed by atoms with van der Waals surface area (Å²) < 4.78 is 15.8. The number of carbonyl (C=O) groups excluding carboxylic acids is 2. The van der Waals surface area contributed by atoms with Crippen molar-refractivity contribution in [2.45, 2.75) is 64.1 Å². The summed E-state index contributed by atoms with van der Waals surface area (Å²) in [5.74, 6) is -0.244. The van der Waals surface area contributed by atoms with Gasteiger partial charge in [-0.1, -0.05) is 51.1 Å². The lowest BCUT2D eigenvalue weighted by Crippen LogP contribution is -2.38. The number of hydrogen-bond acceptors (Lipinski definition) is 8. The molecule has 0 spiro atoms. The lowest BCUT2D eigenvalue weighted by molar-refractivity contribution is -0.143. The highest BCUT2D eigenvalue weighted by Crippen LogP contribution is 2.32. The predicted octanol–water partition coefficient (Wildman–Crippen LogP) is 3.90. The van der Waals surface area contributed by atoms with Crippen molar-refractivity contribution in [2.24, 2.45) is 0 Å². The summed E-state index contributed by atoms with van der Waals surface area (Å²) in [7, 11) is 1.28. The fraction of sp³-hybridized carbons (Fsp3) is 0.520. The van der Waals surface area contributed by atoms with Gasteiger partial charge in [0.25, 0.3) is 0 Å². The Labute approximate surface area is 200 Å². The molecule has 3 rings (SSSR count). The third kappa shape index (κ3) is 6.66. The minimum atomic E-state index is -1.15. The van der Waals surface area contributed by atoms with Crippen molar-refractivity contribution in [1.82, 2.24) is 15.3 Å². The van der Waals surface area contributed by atoms with E-state index in [2.05, 4.69) is 20.6 Å². The Morgan fingerprint density at radius 3 is 2.56 bits per heavy atom. The van der Waals surface area contributed by atoms with Crippen LogP contribution in [0, 0.1) is 0 Å². The van der Waals surface area contributed by atoms with Gasteiger partial charge in [-0.3, -0.25) is 0 Å². The zero-order valence-corrected chi connectivity index (χ0v) is 20.3. The third-order valence-electron chi connectivity index (χ3n) is 6.17. The third-order valence-corrected chi connectivity index (χ3v) is 6.17. The quantitative estimate of drug-likeness (QED) is 0.531. The van der Waals surface area contributed by atoms with Gasteiger partial charge in [-0.25, -0.2) is 19.6 Å². The number of nitrogens with one attached hydrogen (secondary N) is 2. The second kappa shape index (κ2) is 11.8. The largest absolute Gasteiger partial charge is 0.467 e. The van der Waals surface area contributed by atoms with E-state index in [0.29, 0.717) is 24.9 Å². The molecule has 0 saturated carbocycles. The molecule has 1 aromatic heterocycles. The van der Waals surface area contributed by atoms with Crippen molar-refractivity contribution in [3.63, 3.8) is 0 Å². The van der Waals surface area contributed by atoms with Crippen LogP contribution in [0.2, 0.25) is 0 Å². The molecule has 1 unspecified atom stereocenters. The number of aromatic nitrogens is 2. The molecule has 1 aromatic carbocycles. The zero-order chi connectivity index (χ0) is 24.6. The van der Waals surface area contributed by atoms with E-state index in [1.54, 1.807) is 6.20 Å². The van der Waals surface area contributed by atoms with Crippen LogP contribution in [0.4, 0.5) is 10.7 Å². The topological polar surface area (TPSA) is 112 Å². The molecule has 1 amide bonds. The molecule has 0 bridgehead atoms. The van der Waals surface area contributed by atoms with Crippen LogP contribution in [0.25, 0.3) is 0 Å². The Morgan fingerprint density at radius 1 is 1.21 bits per heavy atom. The van der Waals surface area contributed by atoms with Crippen molar-refractivity contribution in [2.75, 3.05) is 25.6 Å². The minimum absolute atomic E-state index is 0.0776. The van der Waals surface area contributed by atoms with Gasteiger partial charge in [0.1, 0.15) is 6.61 Å². The highest BCUT2D eigenvalue weighted by atomic mass is 16.6. The number of benzene rings is 1. The second-order valence-electron chi connectivity index (χ2n) is 8.92. The number of methoxy groups -OCH3 is 1. The van der Waals surface area contributed by atoms with Crippen LogP contribution >= 0.6 is 0 Å². The van der Waals surface area contributed by atoms with Crippen molar-refractivity contribution >= 4 is 18.0 Å². The van der Waals surface area contributed by atoms with Gasteiger partial charge in [0.05, 0.1) is 12.8 Å². The molecule has 1 atom stereocenters. The van der Waals surface area contributed by atoms with E-state index in [1.807, 2.05) is 51.1 Å². The van der Waals surface area contributed by atoms with Gasteiger partial charge in [0.15, 0.2) is 6.04 Å². The number of esters is 1. The lowest BCUT2D eigenvalue weighted by atomic mass is 9.81. The van der Waals surface area contributed by atoms with Gasteiger partial charge in [-0.15, -0.1) is 0 Å². The van der Waals surface area contributed by atoms with Gasteiger partial charge >= 0.3 is 12.1 Å². The fourth-order valence-corrected chi connectivity index (χ4v) is 3.66. The highest BCUT2D eigenvalue weighted by molar-refractivity contribution is 5.82. The van der Waals surface area contributed by atoms with Gasteiger partial charge in [-0.2, -0.15) is 0 Å². The first-order valence-electron chi connectivity index (χ1n) is 11.6. The summed E-state index contributed by atoms with van der Waals surface area (Å²) in [4.78, 5) is 34.6. The minimum Gasteiger partial charge on any atom is -0.467 e. The highest BCUT2D eigenvalue weighted by Gasteiger charge is 2.34. The van der Waals surface area contributed by atoms with Crippen molar-refractivity contribution in [3.05, 3.63) is 53.3 Å². The molecule has 34 heavy (non-hydrogen) atoms. The SMILES string of the molecule is CCC(C)(C)c1cnc(NC2CCOCC2)nc1C(NC(=O)OCc1ccccc1)C(=O)OC. The molecule has 0 aliphatic carbocycles. The Balaban J connectivity index is 1.87. The van der Waals surface area contributed by atoms with E-state index in [1.165, 1.54) is 7.11 Å². The molecule has 2 aromatic rings. The summed E-state index contributed by atoms with van der Waals surface area (Å²) in [5.41, 5.74) is 1.64. The molecule has 2 N–H and O–H groups in total. The normalized spacial score (nSPS) is 15.3. The number of alkyl carbamates (subject to hydrolysis) is 1. The maximum absolute atomic E-state index is 12.8. The Kier molecular flexibility index (Phi) is 8.81. The maximum atomic E-state index is 12.8. The molecule has 184 valence electrons. The molecule has 1 aliphatic heterocycles. The monoisotopic (exact) mass is 470 g/mol. The maximum Gasteiger partial charge on any atom is 0.408 e. The van der Waals surface area contributed by atoms with Crippen LogP contribution < -0.4 is 10.6 Å². The van der Waals surface area contributed by atoms with E-state index in [9.17, 15) is 9.59 Å². The van der Waals surface area contributed by atoms with E-state index >= 15 is 0 Å². The van der Waals surface area contributed by atoms with Crippen molar-refractivity contribution in [1.29, 1.82) is 0 Å². The first-order valence-corrected chi connectivity index (χ1v) is 11.6. The first kappa shape index (κ1) is 25.4. The summed E-state index contributed by atoms with van der Waals surface area (Å²) >= 11 is 0. The molecule has 9 nitrogen and oxygen atoms in total. The molecule has 2 heterocycles. The summed E-state index contributed by atoms with van der Waals surface area (Å²) in [5, 5.41) is 5.98. The number of nitrogens with zero attached hydrogens (tertiary/aromatic N) is 2. The van der Waals surface area contributed by atoms with Gasteiger partial charge in [0, 0.05) is 31.0 Å². The van der Waals surface area contributed by atoms with Crippen LogP contribution in [0.15, 0.2) is 36.5 Å². The Bertz CT molecular complexity index is 961. The van der Waals surface area contributed by atoms with Crippen LogP contribution in [-0.4, -0.2) is 48.4 Å². The number of rotatable bonds is 9.